The predicted molar refractivity (Wildman–Crippen MR) is 109 cm³/mol. The van der Waals surface area contributed by atoms with E-state index in [1.807, 2.05) is 48.5 Å². The van der Waals surface area contributed by atoms with E-state index in [2.05, 4.69) is 25.9 Å². The fraction of sp³-hybridized carbons (Fsp3) is 0.0476. The molecule has 0 saturated heterocycles. The van der Waals surface area contributed by atoms with Crippen molar-refractivity contribution in [2.75, 3.05) is 17.2 Å². The second kappa shape index (κ2) is 7.71. The van der Waals surface area contributed by atoms with Crippen molar-refractivity contribution in [3.8, 4) is 0 Å². The van der Waals surface area contributed by atoms with E-state index in [9.17, 15) is 9.59 Å². The third-order valence-electron chi connectivity index (χ3n) is 4.20. The van der Waals surface area contributed by atoms with Gasteiger partial charge in [-0.3, -0.25) is 14.8 Å². The van der Waals surface area contributed by atoms with E-state index in [0.717, 1.165) is 10.8 Å². The van der Waals surface area contributed by atoms with E-state index >= 15 is 0 Å². The molecular weight excluding hydrogens is 354 g/mol. The lowest BCUT2D eigenvalue weighted by molar-refractivity contribution is -0.115. The molecule has 0 saturated carbocycles. The van der Waals surface area contributed by atoms with Crippen molar-refractivity contribution in [1.29, 1.82) is 0 Å². The lowest BCUT2D eigenvalue weighted by Gasteiger charge is -2.10. The van der Waals surface area contributed by atoms with Gasteiger partial charge in [0.25, 0.3) is 0 Å². The number of carbonyl (C=O) groups excluding carboxylic acids is 2. The summed E-state index contributed by atoms with van der Waals surface area (Å²) in [6, 6.07) is 18.1. The molecule has 7 heteroatoms. The Balaban J connectivity index is 1.38. The second-order valence-corrected chi connectivity index (χ2v) is 6.12. The summed E-state index contributed by atoms with van der Waals surface area (Å²) in [7, 11) is 0. The molecule has 2 aromatic carbocycles. The van der Waals surface area contributed by atoms with Crippen LogP contribution in [0.2, 0.25) is 0 Å². The molecule has 138 valence electrons. The number of aromatic nitrogens is 2. The summed E-state index contributed by atoms with van der Waals surface area (Å²) in [5.74, 6) is -0.343. The number of carbonyl (C=O) groups is 2. The highest BCUT2D eigenvalue weighted by Gasteiger charge is 2.10. The molecule has 3 amide bonds. The first-order valence-electron chi connectivity index (χ1n) is 8.73. The Labute approximate surface area is 160 Å². The van der Waals surface area contributed by atoms with Gasteiger partial charge in [-0.05, 0) is 24.3 Å². The van der Waals surface area contributed by atoms with E-state index < -0.39 is 6.03 Å². The average Bonchev–Trinajstić information content (AvgIpc) is 2.73. The molecule has 0 atom stereocenters. The molecule has 0 bridgehead atoms. The number of para-hydroxylation sites is 2. The molecule has 0 aliphatic rings. The molecule has 0 aliphatic carbocycles. The smallest absolute Gasteiger partial charge is 0.319 e. The molecule has 7 nitrogen and oxygen atoms in total. The number of urea groups is 1. The number of pyridine rings is 2. The molecule has 2 aromatic heterocycles. The quantitative estimate of drug-likeness (QED) is 0.511. The average molecular weight is 371 g/mol. The Bertz CT molecular complexity index is 1070. The summed E-state index contributed by atoms with van der Waals surface area (Å²) in [6.45, 7) is -0.173. The van der Waals surface area contributed by atoms with E-state index in [0.29, 0.717) is 22.4 Å². The summed E-state index contributed by atoms with van der Waals surface area (Å²) < 4.78 is 0. The SMILES string of the molecule is O=C(CNC(=O)Nc1cccc2cccnc12)Nc1cccc2cccnc12. The van der Waals surface area contributed by atoms with Gasteiger partial charge in [0.15, 0.2) is 0 Å². The van der Waals surface area contributed by atoms with Gasteiger partial charge in [-0.15, -0.1) is 0 Å². The topological polar surface area (TPSA) is 96.0 Å². The van der Waals surface area contributed by atoms with Crippen LogP contribution in [-0.2, 0) is 4.79 Å². The summed E-state index contributed by atoms with van der Waals surface area (Å²) in [6.07, 6.45) is 3.33. The summed E-state index contributed by atoms with van der Waals surface area (Å²) in [4.78, 5) is 33.0. The van der Waals surface area contributed by atoms with Crippen LogP contribution in [0.3, 0.4) is 0 Å². The molecule has 4 rings (SSSR count). The number of anilines is 2. The molecule has 0 aliphatic heterocycles. The van der Waals surface area contributed by atoms with Crippen molar-refractivity contribution in [1.82, 2.24) is 15.3 Å². The normalized spacial score (nSPS) is 10.6. The first-order chi connectivity index (χ1) is 13.7. The first kappa shape index (κ1) is 17.4. The maximum absolute atomic E-state index is 12.2. The van der Waals surface area contributed by atoms with Crippen molar-refractivity contribution in [3.63, 3.8) is 0 Å². The van der Waals surface area contributed by atoms with Crippen LogP contribution in [0.5, 0.6) is 0 Å². The van der Waals surface area contributed by atoms with Gasteiger partial charge in [0.05, 0.1) is 29.0 Å². The van der Waals surface area contributed by atoms with Gasteiger partial charge in [-0.1, -0.05) is 36.4 Å². The van der Waals surface area contributed by atoms with E-state index in [1.165, 1.54) is 0 Å². The maximum Gasteiger partial charge on any atom is 0.319 e. The van der Waals surface area contributed by atoms with Gasteiger partial charge in [-0.2, -0.15) is 0 Å². The molecule has 3 N–H and O–H groups in total. The maximum atomic E-state index is 12.2. The van der Waals surface area contributed by atoms with Gasteiger partial charge < -0.3 is 16.0 Å². The van der Waals surface area contributed by atoms with Gasteiger partial charge >= 0.3 is 6.03 Å². The molecule has 28 heavy (non-hydrogen) atoms. The van der Waals surface area contributed by atoms with Crippen LogP contribution in [-0.4, -0.2) is 28.5 Å². The zero-order chi connectivity index (χ0) is 19.3. The van der Waals surface area contributed by atoms with Gasteiger partial charge in [-0.25, -0.2) is 4.79 Å². The molecule has 0 spiro atoms. The first-order valence-corrected chi connectivity index (χ1v) is 8.73. The van der Waals surface area contributed by atoms with E-state index in [-0.39, 0.29) is 12.5 Å². The van der Waals surface area contributed by atoms with E-state index in [1.54, 1.807) is 24.5 Å². The molecule has 2 heterocycles. The number of rotatable bonds is 4. The minimum absolute atomic E-state index is 0.173. The minimum Gasteiger partial charge on any atom is -0.329 e. The Morgan fingerprint density at radius 1 is 0.714 bits per heavy atom. The van der Waals surface area contributed by atoms with Crippen LogP contribution < -0.4 is 16.0 Å². The van der Waals surface area contributed by atoms with Crippen molar-refractivity contribution in [3.05, 3.63) is 73.1 Å². The van der Waals surface area contributed by atoms with Crippen molar-refractivity contribution in [2.24, 2.45) is 0 Å². The Morgan fingerprint density at radius 3 is 1.86 bits per heavy atom. The third kappa shape index (κ3) is 3.73. The molecule has 0 radical (unpaired) electrons. The van der Waals surface area contributed by atoms with Gasteiger partial charge in [0.2, 0.25) is 5.91 Å². The lowest BCUT2D eigenvalue weighted by atomic mass is 10.2. The zero-order valence-electron chi connectivity index (χ0n) is 14.8. The molecule has 0 fully saturated rings. The number of hydrogen-bond acceptors (Lipinski definition) is 4. The highest BCUT2D eigenvalue weighted by atomic mass is 16.2. The van der Waals surface area contributed by atoms with E-state index in [4.69, 9.17) is 0 Å². The predicted octanol–water partition coefficient (Wildman–Crippen LogP) is 3.54. The number of nitrogens with one attached hydrogen (secondary N) is 3. The number of fused-ring (bicyclic) bond motifs is 2. The monoisotopic (exact) mass is 371 g/mol. The molecule has 0 unspecified atom stereocenters. The number of nitrogens with zero attached hydrogens (tertiary/aromatic N) is 2. The fourth-order valence-electron chi connectivity index (χ4n) is 2.93. The summed E-state index contributed by atoms with van der Waals surface area (Å²) >= 11 is 0. The van der Waals surface area contributed by atoms with Crippen molar-refractivity contribution >= 4 is 45.1 Å². The zero-order valence-corrected chi connectivity index (χ0v) is 14.8. The fourth-order valence-corrected chi connectivity index (χ4v) is 2.93. The van der Waals surface area contributed by atoms with Crippen LogP contribution in [0.1, 0.15) is 0 Å². The number of benzene rings is 2. The molecule has 4 aromatic rings. The van der Waals surface area contributed by atoms with Crippen LogP contribution in [0.4, 0.5) is 16.2 Å². The molecular formula is C21H17N5O2. The summed E-state index contributed by atoms with van der Waals surface area (Å²) in [5.41, 5.74) is 2.56. The number of amides is 3. The largest absolute Gasteiger partial charge is 0.329 e. The lowest BCUT2D eigenvalue weighted by Crippen LogP contribution is -2.35. The Hall–Kier alpha value is -4.00. The minimum atomic E-state index is -0.482. The van der Waals surface area contributed by atoms with Crippen molar-refractivity contribution < 1.29 is 9.59 Å². The Morgan fingerprint density at radius 2 is 1.25 bits per heavy atom. The van der Waals surface area contributed by atoms with Crippen LogP contribution in [0.25, 0.3) is 21.8 Å². The highest BCUT2D eigenvalue weighted by molar-refractivity contribution is 6.03. The standard InChI is InChI=1S/C21H17N5O2/c27-18(25-16-9-1-5-14-7-3-11-22-19(14)16)13-24-21(28)26-17-10-2-6-15-8-4-12-23-20(15)17/h1-12H,13H2,(H,25,27)(H2,24,26,28). The van der Waals surface area contributed by atoms with Gasteiger partial charge in [0.1, 0.15) is 0 Å². The third-order valence-corrected chi connectivity index (χ3v) is 4.20. The number of hydrogen-bond donors (Lipinski definition) is 3. The highest BCUT2D eigenvalue weighted by Crippen LogP contribution is 2.21. The van der Waals surface area contributed by atoms with Crippen LogP contribution in [0, 0.1) is 0 Å². The van der Waals surface area contributed by atoms with Crippen LogP contribution in [0.15, 0.2) is 73.1 Å². The van der Waals surface area contributed by atoms with Crippen molar-refractivity contribution in [2.45, 2.75) is 0 Å². The van der Waals surface area contributed by atoms with Gasteiger partial charge in [0, 0.05) is 23.2 Å². The Kier molecular flexibility index (Phi) is 4.79. The summed E-state index contributed by atoms with van der Waals surface area (Å²) in [5, 5.41) is 9.90. The van der Waals surface area contributed by atoms with Crippen LogP contribution >= 0.6 is 0 Å². The second-order valence-electron chi connectivity index (χ2n) is 6.12.